The van der Waals surface area contributed by atoms with Crippen LogP contribution in [-0.2, 0) is 10.3 Å². The second-order valence-corrected chi connectivity index (χ2v) is 4.55. The average Bonchev–Trinajstić information content (AvgIpc) is 2.52. The van der Waals surface area contributed by atoms with Gasteiger partial charge in [0.1, 0.15) is 10.9 Å². The van der Waals surface area contributed by atoms with Gasteiger partial charge in [0, 0.05) is 10.3 Å². The molecule has 0 fully saturated rings. The largest absolute Gasteiger partial charge is 0.304 e. The van der Waals surface area contributed by atoms with Crippen molar-refractivity contribution in [1.29, 1.82) is 5.26 Å². The quantitative estimate of drug-likeness (QED) is 0.750. The summed E-state index contributed by atoms with van der Waals surface area (Å²) in [4.78, 5) is 6.47. The minimum Gasteiger partial charge on any atom is -0.304 e. The van der Waals surface area contributed by atoms with E-state index in [-0.39, 0.29) is 5.41 Å². The van der Waals surface area contributed by atoms with E-state index in [9.17, 15) is 0 Å². The predicted octanol–water partition coefficient (Wildman–Crippen LogP) is 1.79. The van der Waals surface area contributed by atoms with Crippen LogP contribution in [0.1, 0.15) is 23.6 Å². The van der Waals surface area contributed by atoms with Crippen molar-refractivity contribution < 1.29 is 4.84 Å². The molecule has 4 heteroatoms. The van der Waals surface area contributed by atoms with Crippen LogP contribution >= 0.6 is 11.3 Å². The van der Waals surface area contributed by atoms with E-state index in [1.54, 1.807) is 0 Å². The lowest BCUT2D eigenvalue weighted by molar-refractivity contribution is 0.0976. The first-order valence-corrected chi connectivity index (χ1v) is 4.74. The molecular formula is C9H12N2OS. The fourth-order valence-electron chi connectivity index (χ4n) is 1.04. The Morgan fingerprint density at radius 2 is 2.31 bits per heavy atom. The summed E-state index contributed by atoms with van der Waals surface area (Å²) in [6.07, 6.45) is 0. The maximum atomic E-state index is 8.65. The lowest BCUT2D eigenvalue weighted by atomic mass is 9.93. The lowest BCUT2D eigenvalue weighted by Crippen LogP contribution is -2.24. The van der Waals surface area contributed by atoms with Gasteiger partial charge in [0.15, 0.2) is 0 Å². The van der Waals surface area contributed by atoms with Crippen LogP contribution in [0.3, 0.4) is 0 Å². The predicted molar refractivity (Wildman–Crippen MR) is 52.2 cm³/mol. The standard InChI is InChI=1S/C9H12N2OS/c1-9(2,6-12-11)8-4-3-7(5-10)13-8/h3-4H,6,11H2,1-2H3. The van der Waals surface area contributed by atoms with E-state index < -0.39 is 0 Å². The first kappa shape index (κ1) is 10.2. The zero-order chi connectivity index (χ0) is 9.90. The smallest absolute Gasteiger partial charge is 0.110 e. The van der Waals surface area contributed by atoms with E-state index >= 15 is 0 Å². The molecule has 2 N–H and O–H groups in total. The fourth-order valence-corrected chi connectivity index (χ4v) is 1.93. The van der Waals surface area contributed by atoms with E-state index in [1.807, 2.05) is 26.0 Å². The molecule has 0 amide bonds. The molecule has 0 aromatic carbocycles. The van der Waals surface area contributed by atoms with Gasteiger partial charge >= 0.3 is 0 Å². The van der Waals surface area contributed by atoms with Crippen LogP contribution in [0.15, 0.2) is 12.1 Å². The number of rotatable bonds is 3. The van der Waals surface area contributed by atoms with Gasteiger partial charge in [0.2, 0.25) is 0 Å². The van der Waals surface area contributed by atoms with Crippen molar-refractivity contribution in [3.63, 3.8) is 0 Å². The van der Waals surface area contributed by atoms with E-state index in [0.717, 1.165) is 9.75 Å². The molecule has 0 aliphatic heterocycles. The molecule has 1 aromatic heterocycles. The third-order valence-electron chi connectivity index (χ3n) is 1.83. The molecule has 1 rings (SSSR count). The molecule has 0 bridgehead atoms. The zero-order valence-corrected chi connectivity index (χ0v) is 8.52. The Balaban J connectivity index is 2.88. The number of nitrogens with two attached hydrogens (primary N) is 1. The van der Waals surface area contributed by atoms with Crippen LogP contribution in [-0.4, -0.2) is 6.61 Å². The highest BCUT2D eigenvalue weighted by Gasteiger charge is 2.22. The molecule has 3 nitrogen and oxygen atoms in total. The fraction of sp³-hybridized carbons (Fsp3) is 0.444. The Morgan fingerprint density at radius 1 is 1.62 bits per heavy atom. The molecule has 0 radical (unpaired) electrons. The highest BCUT2D eigenvalue weighted by atomic mass is 32.1. The third kappa shape index (κ3) is 2.28. The van der Waals surface area contributed by atoms with E-state index in [0.29, 0.717) is 6.61 Å². The van der Waals surface area contributed by atoms with Gasteiger partial charge in [-0.3, -0.25) is 0 Å². The van der Waals surface area contributed by atoms with Crippen molar-refractivity contribution >= 4 is 11.3 Å². The number of nitrogens with zero attached hydrogens (tertiary/aromatic N) is 1. The SMILES string of the molecule is CC(C)(CON)c1ccc(C#N)s1. The highest BCUT2D eigenvalue weighted by Crippen LogP contribution is 2.29. The van der Waals surface area contributed by atoms with Crippen LogP contribution in [0.4, 0.5) is 0 Å². The molecule has 0 spiro atoms. The molecule has 1 heterocycles. The van der Waals surface area contributed by atoms with Gasteiger partial charge in [-0.2, -0.15) is 5.26 Å². The summed E-state index contributed by atoms with van der Waals surface area (Å²) in [6, 6.07) is 5.87. The average molecular weight is 196 g/mol. The van der Waals surface area contributed by atoms with Crippen molar-refractivity contribution in [2.24, 2.45) is 5.90 Å². The summed E-state index contributed by atoms with van der Waals surface area (Å²) < 4.78 is 0. The molecule has 0 aliphatic carbocycles. The van der Waals surface area contributed by atoms with E-state index in [2.05, 4.69) is 10.9 Å². The number of thiophene rings is 1. The minimum atomic E-state index is -0.117. The van der Waals surface area contributed by atoms with Crippen molar-refractivity contribution in [2.75, 3.05) is 6.61 Å². The molecule has 0 saturated heterocycles. The maximum Gasteiger partial charge on any atom is 0.110 e. The van der Waals surface area contributed by atoms with Crippen molar-refractivity contribution in [3.05, 3.63) is 21.9 Å². The number of hydrogen-bond acceptors (Lipinski definition) is 4. The summed E-state index contributed by atoms with van der Waals surface area (Å²) >= 11 is 1.48. The Morgan fingerprint density at radius 3 is 2.77 bits per heavy atom. The van der Waals surface area contributed by atoms with Crippen LogP contribution in [0.2, 0.25) is 0 Å². The third-order valence-corrected chi connectivity index (χ3v) is 3.18. The lowest BCUT2D eigenvalue weighted by Gasteiger charge is -2.20. The highest BCUT2D eigenvalue weighted by molar-refractivity contribution is 7.12. The second kappa shape index (κ2) is 3.88. The Bertz CT molecular complexity index is 325. The first-order valence-electron chi connectivity index (χ1n) is 3.92. The molecular weight excluding hydrogens is 184 g/mol. The van der Waals surface area contributed by atoms with Gasteiger partial charge in [-0.15, -0.1) is 11.3 Å². The Kier molecular flexibility index (Phi) is 3.04. The molecule has 13 heavy (non-hydrogen) atoms. The topological polar surface area (TPSA) is 59.0 Å². The van der Waals surface area contributed by atoms with Gasteiger partial charge in [-0.05, 0) is 12.1 Å². The summed E-state index contributed by atoms with van der Waals surface area (Å²) in [5, 5.41) is 8.65. The molecule has 1 aromatic rings. The van der Waals surface area contributed by atoms with E-state index in [4.69, 9.17) is 11.2 Å². The van der Waals surface area contributed by atoms with Gasteiger partial charge in [0.25, 0.3) is 0 Å². The number of hydrogen-bond donors (Lipinski definition) is 1. The van der Waals surface area contributed by atoms with Crippen molar-refractivity contribution in [3.8, 4) is 6.07 Å². The molecule has 70 valence electrons. The summed E-state index contributed by atoms with van der Waals surface area (Å²) in [5.41, 5.74) is -0.117. The van der Waals surface area contributed by atoms with Gasteiger partial charge in [0.05, 0.1) is 6.61 Å². The zero-order valence-electron chi connectivity index (χ0n) is 7.70. The summed E-state index contributed by atoms with van der Waals surface area (Å²) in [5.74, 6) is 5.03. The van der Waals surface area contributed by atoms with Crippen molar-refractivity contribution in [1.82, 2.24) is 0 Å². The number of nitriles is 1. The van der Waals surface area contributed by atoms with E-state index in [1.165, 1.54) is 11.3 Å². The second-order valence-electron chi connectivity index (χ2n) is 3.47. The van der Waals surface area contributed by atoms with Gasteiger partial charge in [-0.25, -0.2) is 5.90 Å². The van der Waals surface area contributed by atoms with Crippen LogP contribution in [0.5, 0.6) is 0 Å². The van der Waals surface area contributed by atoms with Crippen LogP contribution in [0.25, 0.3) is 0 Å². The molecule has 0 aliphatic rings. The minimum absolute atomic E-state index is 0.117. The molecule has 0 saturated carbocycles. The maximum absolute atomic E-state index is 8.65. The molecule has 0 unspecified atom stereocenters. The monoisotopic (exact) mass is 196 g/mol. The van der Waals surface area contributed by atoms with Crippen molar-refractivity contribution in [2.45, 2.75) is 19.3 Å². The normalized spacial score (nSPS) is 11.2. The first-order chi connectivity index (χ1) is 6.10. The van der Waals surface area contributed by atoms with Gasteiger partial charge in [-0.1, -0.05) is 13.8 Å². The Labute approximate surface area is 81.7 Å². The summed E-state index contributed by atoms with van der Waals surface area (Å²) in [6.45, 7) is 4.53. The van der Waals surface area contributed by atoms with Crippen LogP contribution < -0.4 is 5.90 Å². The Hall–Kier alpha value is -0.890. The van der Waals surface area contributed by atoms with Gasteiger partial charge < -0.3 is 4.84 Å². The summed E-state index contributed by atoms with van der Waals surface area (Å²) in [7, 11) is 0. The molecule has 0 atom stereocenters. The van der Waals surface area contributed by atoms with Crippen LogP contribution in [0, 0.1) is 11.3 Å².